The Labute approximate surface area is 144 Å². The molecule has 0 radical (unpaired) electrons. The zero-order valence-electron chi connectivity index (χ0n) is 13.9. The molecule has 0 bridgehead atoms. The van der Waals surface area contributed by atoms with Crippen LogP contribution in [0.15, 0.2) is 33.9 Å². The quantitative estimate of drug-likeness (QED) is 0.858. The maximum atomic E-state index is 12.5. The maximum absolute atomic E-state index is 12.5. The van der Waals surface area contributed by atoms with Gasteiger partial charge in [-0.3, -0.25) is 13.9 Å². The largest absolute Gasteiger partial charge is 0.491 e. The van der Waals surface area contributed by atoms with Crippen molar-refractivity contribution in [3.05, 3.63) is 61.9 Å². The lowest BCUT2D eigenvalue weighted by Crippen LogP contribution is -2.44. The molecule has 25 heavy (non-hydrogen) atoms. The van der Waals surface area contributed by atoms with Crippen LogP contribution >= 0.6 is 0 Å². The van der Waals surface area contributed by atoms with Crippen molar-refractivity contribution in [1.82, 2.24) is 9.13 Å². The van der Waals surface area contributed by atoms with Gasteiger partial charge in [0.1, 0.15) is 30.1 Å². The number of aliphatic hydroxyl groups excluding tert-OH is 1. The number of fused-ring (bicyclic) bond motifs is 1. The average molecular weight is 341 g/mol. The SMILES string of the molecule is Cc1ccc(OC[C@@H](O)Cn2c(=O)c(C#N)c3n(c2=O)CCC3)cc1. The van der Waals surface area contributed by atoms with E-state index >= 15 is 0 Å². The van der Waals surface area contributed by atoms with Gasteiger partial charge in [0, 0.05) is 12.2 Å². The summed E-state index contributed by atoms with van der Waals surface area (Å²) in [6.07, 6.45) is 0.234. The number of hydrogen-bond donors (Lipinski definition) is 1. The summed E-state index contributed by atoms with van der Waals surface area (Å²) in [5.74, 6) is 0.598. The second-order valence-corrected chi connectivity index (χ2v) is 6.16. The molecule has 0 fully saturated rings. The fourth-order valence-electron chi connectivity index (χ4n) is 3.00. The molecule has 2 heterocycles. The van der Waals surface area contributed by atoms with E-state index in [0.717, 1.165) is 16.6 Å². The van der Waals surface area contributed by atoms with E-state index in [0.29, 0.717) is 24.4 Å². The number of aliphatic hydroxyl groups is 1. The smallest absolute Gasteiger partial charge is 0.331 e. The molecule has 1 aromatic carbocycles. The fraction of sp³-hybridized carbons (Fsp3) is 0.389. The number of aromatic nitrogens is 2. The summed E-state index contributed by atoms with van der Waals surface area (Å²) in [4.78, 5) is 24.9. The summed E-state index contributed by atoms with van der Waals surface area (Å²) in [6, 6.07) is 9.24. The van der Waals surface area contributed by atoms with E-state index in [2.05, 4.69) is 0 Å². The van der Waals surface area contributed by atoms with Crippen molar-refractivity contribution in [3.63, 3.8) is 0 Å². The van der Waals surface area contributed by atoms with Gasteiger partial charge in [0.05, 0.1) is 6.54 Å². The fourth-order valence-corrected chi connectivity index (χ4v) is 3.00. The van der Waals surface area contributed by atoms with E-state index < -0.39 is 17.4 Å². The van der Waals surface area contributed by atoms with Crippen LogP contribution in [0.25, 0.3) is 0 Å². The topological polar surface area (TPSA) is 97.2 Å². The molecule has 0 aliphatic carbocycles. The first kappa shape index (κ1) is 17.0. The molecule has 0 saturated heterocycles. The predicted molar refractivity (Wildman–Crippen MR) is 90.7 cm³/mol. The molecule has 0 amide bonds. The lowest BCUT2D eigenvalue weighted by Gasteiger charge is -2.15. The minimum Gasteiger partial charge on any atom is -0.491 e. The van der Waals surface area contributed by atoms with Crippen LogP contribution in [0, 0.1) is 18.3 Å². The van der Waals surface area contributed by atoms with Crippen molar-refractivity contribution in [2.24, 2.45) is 0 Å². The minimum absolute atomic E-state index is 0.0104. The van der Waals surface area contributed by atoms with Gasteiger partial charge in [0.2, 0.25) is 0 Å². The predicted octanol–water partition coefficient (Wildman–Crippen LogP) is 0.576. The molecule has 1 N–H and O–H groups in total. The molecule has 7 nitrogen and oxygen atoms in total. The van der Waals surface area contributed by atoms with E-state index in [9.17, 15) is 20.0 Å². The number of hydrogen-bond acceptors (Lipinski definition) is 5. The van der Waals surface area contributed by atoms with Crippen LogP contribution in [-0.2, 0) is 19.5 Å². The van der Waals surface area contributed by atoms with Crippen molar-refractivity contribution in [2.45, 2.75) is 39.0 Å². The summed E-state index contributed by atoms with van der Waals surface area (Å²) in [5.41, 5.74) is 0.457. The van der Waals surface area contributed by atoms with Crippen LogP contribution in [0.5, 0.6) is 5.75 Å². The van der Waals surface area contributed by atoms with Crippen molar-refractivity contribution in [3.8, 4) is 11.8 Å². The molecular formula is C18H19N3O4. The molecule has 0 spiro atoms. The highest BCUT2D eigenvalue weighted by Gasteiger charge is 2.23. The molecule has 130 valence electrons. The maximum Gasteiger partial charge on any atom is 0.331 e. The third kappa shape index (κ3) is 3.35. The first-order valence-electron chi connectivity index (χ1n) is 8.15. The van der Waals surface area contributed by atoms with Gasteiger partial charge in [-0.25, -0.2) is 4.79 Å². The highest BCUT2D eigenvalue weighted by atomic mass is 16.5. The van der Waals surface area contributed by atoms with Crippen LogP contribution in [-0.4, -0.2) is 27.0 Å². The lowest BCUT2D eigenvalue weighted by atomic mass is 10.2. The minimum atomic E-state index is -1.04. The van der Waals surface area contributed by atoms with Gasteiger partial charge < -0.3 is 9.84 Å². The molecule has 1 aliphatic rings. The van der Waals surface area contributed by atoms with Crippen molar-refractivity contribution in [2.75, 3.05) is 6.61 Å². The van der Waals surface area contributed by atoms with Crippen LogP contribution in [0.4, 0.5) is 0 Å². The van der Waals surface area contributed by atoms with E-state index in [1.807, 2.05) is 25.1 Å². The molecule has 1 aromatic heterocycles. The Morgan fingerprint density at radius 3 is 2.72 bits per heavy atom. The summed E-state index contributed by atoms with van der Waals surface area (Å²) in [6.45, 7) is 2.18. The highest BCUT2D eigenvalue weighted by Crippen LogP contribution is 2.14. The number of nitrogens with zero attached hydrogens (tertiary/aromatic N) is 3. The van der Waals surface area contributed by atoms with Gasteiger partial charge in [-0.1, -0.05) is 17.7 Å². The van der Waals surface area contributed by atoms with Crippen LogP contribution in [0.3, 0.4) is 0 Å². The van der Waals surface area contributed by atoms with E-state index in [4.69, 9.17) is 4.74 Å². The van der Waals surface area contributed by atoms with Gasteiger partial charge in [-0.15, -0.1) is 0 Å². The number of ether oxygens (including phenoxy) is 1. The Hall–Kier alpha value is -2.85. The van der Waals surface area contributed by atoms with Crippen molar-refractivity contribution < 1.29 is 9.84 Å². The normalized spacial score (nSPS) is 14.0. The third-order valence-corrected chi connectivity index (χ3v) is 4.30. The van der Waals surface area contributed by atoms with Crippen molar-refractivity contribution >= 4 is 0 Å². The summed E-state index contributed by atoms with van der Waals surface area (Å²) >= 11 is 0. The third-order valence-electron chi connectivity index (χ3n) is 4.30. The molecule has 0 unspecified atom stereocenters. The molecule has 3 rings (SSSR count). The Morgan fingerprint density at radius 1 is 1.32 bits per heavy atom. The number of aryl methyl sites for hydroxylation is 1. The molecule has 0 saturated carbocycles. The monoisotopic (exact) mass is 341 g/mol. The van der Waals surface area contributed by atoms with Crippen LogP contribution in [0.1, 0.15) is 23.2 Å². The molecule has 2 aromatic rings. The van der Waals surface area contributed by atoms with Gasteiger partial charge in [-0.05, 0) is 31.9 Å². The Morgan fingerprint density at radius 2 is 2.04 bits per heavy atom. The van der Waals surface area contributed by atoms with Crippen LogP contribution in [0.2, 0.25) is 0 Å². The highest BCUT2D eigenvalue weighted by molar-refractivity contribution is 5.33. The number of rotatable bonds is 5. The van der Waals surface area contributed by atoms with E-state index in [1.165, 1.54) is 4.57 Å². The van der Waals surface area contributed by atoms with Gasteiger partial charge in [0.25, 0.3) is 5.56 Å². The molecule has 1 aliphatic heterocycles. The summed E-state index contributed by atoms with van der Waals surface area (Å²) < 4.78 is 7.86. The lowest BCUT2D eigenvalue weighted by molar-refractivity contribution is 0.0899. The first-order chi connectivity index (χ1) is 12.0. The summed E-state index contributed by atoms with van der Waals surface area (Å²) in [7, 11) is 0. The second kappa shape index (κ2) is 6.95. The van der Waals surface area contributed by atoms with Gasteiger partial charge in [0.15, 0.2) is 0 Å². The number of benzene rings is 1. The molecular weight excluding hydrogens is 322 g/mol. The van der Waals surface area contributed by atoms with E-state index in [-0.39, 0.29) is 18.7 Å². The zero-order valence-corrected chi connectivity index (χ0v) is 13.9. The van der Waals surface area contributed by atoms with Gasteiger partial charge in [-0.2, -0.15) is 5.26 Å². The van der Waals surface area contributed by atoms with Crippen LogP contribution < -0.4 is 16.0 Å². The Bertz CT molecular complexity index is 935. The Kier molecular flexibility index (Phi) is 4.72. The number of nitriles is 1. The second-order valence-electron chi connectivity index (χ2n) is 6.16. The molecule has 1 atom stereocenters. The summed E-state index contributed by atoms with van der Waals surface area (Å²) in [5, 5.41) is 19.4. The Balaban J connectivity index is 1.79. The zero-order chi connectivity index (χ0) is 18.0. The first-order valence-corrected chi connectivity index (χ1v) is 8.15. The average Bonchev–Trinajstić information content (AvgIpc) is 3.08. The molecule has 7 heteroatoms. The standard InChI is InChI=1S/C18H19N3O4/c1-12-4-6-14(7-5-12)25-11-13(22)10-21-17(23)15(9-19)16-3-2-8-20(16)18(21)24/h4-7,13,22H,2-3,8,10-11H2,1H3/t13-/m0/s1. The van der Waals surface area contributed by atoms with Gasteiger partial charge >= 0.3 is 5.69 Å². The van der Waals surface area contributed by atoms with Crippen molar-refractivity contribution in [1.29, 1.82) is 5.26 Å². The van der Waals surface area contributed by atoms with E-state index in [1.54, 1.807) is 12.1 Å².